The fraction of sp³-hybridized carbons (Fsp3) is 0.333. The summed E-state index contributed by atoms with van der Waals surface area (Å²) in [5.41, 5.74) is -2.05. The zero-order chi connectivity index (χ0) is 24.1. The molecule has 2 aromatic heterocycles. The van der Waals surface area contributed by atoms with Crippen molar-refractivity contribution >= 4 is 21.3 Å². The van der Waals surface area contributed by atoms with Gasteiger partial charge >= 0.3 is 15.6 Å². The first-order valence-corrected chi connectivity index (χ1v) is 10.9. The Morgan fingerprint density at radius 1 is 1.06 bits per heavy atom. The molecule has 0 saturated heterocycles. The summed E-state index contributed by atoms with van der Waals surface area (Å²) in [5, 5.41) is 4.44. The van der Waals surface area contributed by atoms with E-state index in [9.17, 15) is 17.6 Å². The van der Waals surface area contributed by atoms with Crippen LogP contribution in [-0.2, 0) is 15.5 Å². The number of halogens is 4. The average Bonchev–Trinajstić information content (AvgIpc) is 3.11. The smallest absolute Gasteiger partial charge is 0.279 e. The van der Waals surface area contributed by atoms with Gasteiger partial charge in [-0.2, -0.15) is 26.7 Å². The monoisotopic (exact) mass is 471 g/mol. The highest BCUT2D eigenvalue weighted by molar-refractivity contribution is 7.86. The highest BCUT2D eigenvalue weighted by Crippen LogP contribution is 2.44. The number of alkyl halides is 3. The molecule has 0 atom stereocenters. The Labute approximate surface area is 182 Å². The molecule has 6 nitrogen and oxygen atoms in total. The van der Waals surface area contributed by atoms with Gasteiger partial charge in [0.05, 0.1) is 23.0 Å². The van der Waals surface area contributed by atoms with E-state index in [1.165, 1.54) is 6.07 Å². The van der Waals surface area contributed by atoms with Crippen LogP contribution in [0, 0.1) is 5.82 Å². The van der Waals surface area contributed by atoms with Crippen LogP contribution in [0.25, 0.3) is 5.52 Å². The summed E-state index contributed by atoms with van der Waals surface area (Å²) in [6.45, 7) is 8.24. The van der Waals surface area contributed by atoms with Crippen molar-refractivity contribution in [3.05, 3.63) is 71.3 Å². The van der Waals surface area contributed by atoms with Crippen molar-refractivity contribution in [2.75, 3.05) is 0 Å². The molecule has 0 fully saturated rings. The molecule has 1 aliphatic rings. The molecule has 0 amide bonds. The number of aromatic nitrogens is 2. The van der Waals surface area contributed by atoms with Crippen molar-refractivity contribution in [1.82, 2.24) is 9.61 Å². The van der Waals surface area contributed by atoms with E-state index in [-0.39, 0.29) is 5.82 Å². The Morgan fingerprint density at radius 3 is 2.28 bits per heavy atom. The van der Waals surface area contributed by atoms with E-state index in [4.69, 9.17) is 18.0 Å². The van der Waals surface area contributed by atoms with Gasteiger partial charge in [-0.1, -0.05) is 26.0 Å². The summed E-state index contributed by atoms with van der Waals surface area (Å²) < 4.78 is 74.1. The number of rotatable bonds is 1. The second kappa shape index (κ2) is 7.66. The second-order valence-corrected chi connectivity index (χ2v) is 9.76. The number of hydrogen-bond acceptors (Lipinski definition) is 4. The Kier molecular flexibility index (Phi) is 5.71. The van der Waals surface area contributed by atoms with E-state index in [0.717, 1.165) is 27.9 Å². The SMILES string of the molecule is CC1(C)N=C(c2cnn3cccc3c2)c2cccc(F)c2C1(C)C.O=S(=O)(O)C(F)(F)F. The predicted octanol–water partition coefficient (Wildman–Crippen LogP) is 4.77. The first kappa shape index (κ1) is 23.9. The fourth-order valence-electron chi connectivity index (χ4n) is 3.42. The van der Waals surface area contributed by atoms with Crippen LogP contribution in [0.3, 0.4) is 0 Å². The van der Waals surface area contributed by atoms with Gasteiger partial charge in [0.2, 0.25) is 0 Å². The quantitative estimate of drug-likeness (QED) is 0.315. The Balaban J connectivity index is 0.000000312. The number of hydrogen-bond donors (Lipinski definition) is 1. The van der Waals surface area contributed by atoms with Crippen molar-refractivity contribution in [3.63, 3.8) is 0 Å². The van der Waals surface area contributed by atoms with Crippen LogP contribution in [-0.4, -0.2) is 39.3 Å². The van der Waals surface area contributed by atoms with E-state index < -0.39 is 26.6 Å². The maximum absolute atomic E-state index is 14.7. The third-order valence-electron chi connectivity index (χ3n) is 5.76. The van der Waals surface area contributed by atoms with Gasteiger partial charge < -0.3 is 0 Å². The van der Waals surface area contributed by atoms with E-state index in [0.29, 0.717) is 0 Å². The molecule has 32 heavy (non-hydrogen) atoms. The maximum Gasteiger partial charge on any atom is 0.522 e. The molecule has 0 unspecified atom stereocenters. The molecular formula is C21H21F4N3O3S. The van der Waals surface area contributed by atoms with Gasteiger partial charge in [-0.25, -0.2) is 8.91 Å². The first-order valence-electron chi connectivity index (χ1n) is 9.43. The van der Waals surface area contributed by atoms with Gasteiger partial charge in [0.15, 0.2) is 0 Å². The highest BCUT2D eigenvalue weighted by atomic mass is 32.2. The van der Waals surface area contributed by atoms with Crippen molar-refractivity contribution in [2.24, 2.45) is 4.99 Å². The molecule has 0 saturated carbocycles. The lowest BCUT2D eigenvalue weighted by molar-refractivity contribution is -0.0510. The Hall–Kier alpha value is -2.79. The van der Waals surface area contributed by atoms with Crippen molar-refractivity contribution in [2.45, 2.75) is 44.2 Å². The molecule has 172 valence electrons. The van der Waals surface area contributed by atoms with E-state index in [1.54, 1.807) is 12.3 Å². The van der Waals surface area contributed by atoms with Crippen LogP contribution in [0.2, 0.25) is 0 Å². The van der Waals surface area contributed by atoms with Gasteiger partial charge in [-0.15, -0.1) is 0 Å². The van der Waals surface area contributed by atoms with Crippen LogP contribution in [0.4, 0.5) is 17.6 Å². The van der Waals surface area contributed by atoms with E-state index >= 15 is 0 Å². The van der Waals surface area contributed by atoms with Crippen LogP contribution in [0.15, 0.2) is 53.8 Å². The molecule has 0 radical (unpaired) electrons. The van der Waals surface area contributed by atoms with Gasteiger partial charge in [0.1, 0.15) is 5.82 Å². The summed E-state index contributed by atoms with van der Waals surface area (Å²) in [6, 6.07) is 11.2. The minimum Gasteiger partial charge on any atom is -0.279 e. The summed E-state index contributed by atoms with van der Waals surface area (Å²) in [4.78, 5) is 5.01. The van der Waals surface area contributed by atoms with Gasteiger partial charge in [0.25, 0.3) is 0 Å². The number of nitrogens with zero attached hydrogens (tertiary/aromatic N) is 3. The first-order chi connectivity index (χ1) is 14.6. The summed E-state index contributed by atoms with van der Waals surface area (Å²) in [7, 11) is -5.84. The minimum atomic E-state index is -5.84. The summed E-state index contributed by atoms with van der Waals surface area (Å²) >= 11 is 0. The molecule has 4 rings (SSSR count). The van der Waals surface area contributed by atoms with E-state index in [1.807, 2.05) is 28.9 Å². The zero-order valence-corrected chi connectivity index (χ0v) is 18.5. The highest BCUT2D eigenvalue weighted by Gasteiger charge is 2.46. The Morgan fingerprint density at radius 2 is 1.69 bits per heavy atom. The zero-order valence-electron chi connectivity index (χ0n) is 17.6. The minimum absolute atomic E-state index is 0.172. The van der Waals surface area contributed by atoms with E-state index in [2.05, 4.69) is 38.9 Å². The molecule has 11 heteroatoms. The molecule has 1 aromatic carbocycles. The normalized spacial score (nSPS) is 17.2. The summed E-state index contributed by atoms with van der Waals surface area (Å²) in [5.74, 6) is -0.172. The third kappa shape index (κ3) is 4.14. The van der Waals surface area contributed by atoms with Crippen LogP contribution in [0.5, 0.6) is 0 Å². The fourth-order valence-corrected chi connectivity index (χ4v) is 3.42. The lowest BCUT2D eigenvalue weighted by Gasteiger charge is -2.44. The van der Waals surface area contributed by atoms with Crippen molar-refractivity contribution in [1.29, 1.82) is 0 Å². The third-order valence-corrected chi connectivity index (χ3v) is 6.35. The molecular weight excluding hydrogens is 450 g/mol. The van der Waals surface area contributed by atoms with Crippen molar-refractivity contribution in [3.8, 4) is 0 Å². The van der Waals surface area contributed by atoms with Gasteiger partial charge in [0, 0.05) is 28.3 Å². The molecule has 0 bridgehead atoms. The summed E-state index contributed by atoms with van der Waals surface area (Å²) in [6.07, 6.45) is 3.71. The lowest BCUT2D eigenvalue weighted by atomic mass is 9.65. The van der Waals surface area contributed by atoms with Crippen LogP contribution < -0.4 is 0 Å². The molecule has 1 N–H and O–H groups in total. The lowest BCUT2D eigenvalue weighted by Crippen LogP contribution is -2.46. The second-order valence-electron chi connectivity index (χ2n) is 8.35. The average molecular weight is 471 g/mol. The van der Waals surface area contributed by atoms with Gasteiger partial charge in [-0.3, -0.25) is 9.55 Å². The molecule has 0 aliphatic carbocycles. The van der Waals surface area contributed by atoms with Crippen LogP contribution in [0.1, 0.15) is 44.4 Å². The van der Waals surface area contributed by atoms with Gasteiger partial charge in [-0.05, 0) is 38.1 Å². The number of fused-ring (bicyclic) bond motifs is 2. The molecule has 3 aromatic rings. The van der Waals surface area contributed by atoms with Crippen molar-refractivity contribution < 1.29 is 30.5 Å². The molecule has 1 aliphatic heterocycles. The maximum atomic E-state index is 14.7. The largest absolute Gasteiger partial charge is 0.522 e. The number of aliphatic imine (C=N–C) groups is 1. The molecule has 3 heterocycles. The topological polar surface area (TPSA) is 84.0 Å². The van der Waals surface area contributed by atoms with Crippen LogP contribution >= 0.6 is 0 Å². The predicted molar refractivity (Wildman–Crippen MR) is 112 cm³/mol. The standard InChI is InChI=1S/C20H20FN3.CHF3O3S/c1-19(2)17-15(8-5-9-16(17)21)18(23-20(19,3)4)13-11-14-7-6-10-24(14)22-12-13;2-1(3,4)8(5,6)7/h5-12H,1-4H3;(H,5,6,7). The Bertz CT molecular complexity index is 1310. The molecule has 0 spiro atoms. The number of benzene rings is 1.